The van der Waals surface area contributed by atoms with Crippen LogP contribution in [0, 0.1) is 0 Å². The molecule has 0 saturated heterocycles. The van der Waals surface area contributed by atoms with E-state index in [1.54, 1.807) is 0 Å². The molecule has 1 aromatic rings. The van der Waals surface area contributed by atoms with Crippen LogP contribution in [0.3, 0.4) is 0 Å². The number of aromatic nitrogens is 2. The number of alkyl halides is 3. The van der Waals surface area contributed by atoms with Crippen LogP contribution in [0.4, 0.5) is 13.2 Å². The predicted octanol–water partition coefficient (Wildman–Crippen LogP) is 0.644. The third kappa shape index (κ3) is 2.69. The molecule has 1 amide bonds. The van der Waals surface area contributed by atoms with E-state index in [0.717, 1.165) is 0 Å². The van der Waals surface area contributed by atoms with Crippen molar-refractivity contribution in [1.29, 1.82) is 0 Å². The molecule has 3 N–H and O–H groups in total. The van der Waals surface area contributed by atoms with E-state index in [1.165, 1.54) is 0 Å². The van der Waals surface area contributed by atoms with Crippen molar-refractivity contribution < 1.29 is 27.9 Å². The summed E-state index contributed by atoms with van der Waals surface area (Å²) in [6, 6.07) is -0.739. The molecular formula is C10H10F3N3O3. The Kier molecular flexibility index (Phi) is 3.21. The van der Waals surface area contributed by atoms with Crippen molar-refractivity contribution in [2.75, 3.05) is 0 Å². The highest BCUT2D eigenvalue weighted by Gasteiger charge is 2.40. The quantitative estimate of drug-likeness (QED) is 0.739. The van der Waals surface area contributed by atoms with Crippen molar-refractivity contribution in [2.45, 2.75) is 31.5 Å². The van der Waals surface area contributed by atoms with Crippen LogP contribution in [0.15, 0.2) is 0 Å². The molecule has 6 nitrogen and oxygen atoms in total. The second kappa shape index (κ2) is 4.56. The molecule has 9 heteroatoms. The highest BCUT2D eigenvalue weighted by Crippen LogP contribution is 2.24. The van der Waals surface area contributed by atoms with E-state index in [-0.39, 0.29) is 12.1 Å². The molecule has 19 heavy (non-hydrogen) atoms. The van der Waals surface area contributed by atoms with E-state index >= 15 is 0 Å². The van der Waals surface area contributed by atoms with Gasteiger partial charge in [0.25, 0.3) is 0 Å². The average Bonchev–Trinajstić information content (AvgIpc) is 2.70. The van der Waals surface area contributed by atoms with E-state index in [9.17, 15) is 22.8 Å². The van der Waals surface area contributed by atoms with Crippen LogP contribution in [-0.2, 0) is 17.6 Å². The molecule has 0 aliphatic heterocycles. The van der Waals surface area contributed by atoms with E-state index in [2.05, 4.69) is 10.2 Å². The van der Waals surface area contributed by atoms with Gasteiger partial charge in [-0.15, -0.1) is 0 Å². The lowest BCUT2D eigenvalue weighted by Gasteiger charge is -2.23. The number of fused-ring (bicyclic) bond motifs is 1. The standard InChI is InChI=1S/C10H10F3N3O3/c11-10(12,13)9(19)14-4-1-2-6-5(3-4)7(8(17)18)16-15-6/h4H,1-3H2,(H,14,19)(H,15,16)(H,17,18). The number of rotatable bonds is 2. The molecule has 0 spiro atoms. The van der Waals surface area contributed by atoms with Gasteiger partial charge in [0.05, 0.1) is 0 Å². The van der Waals surface area contributed by atoms with Gasteiger partial charge < -0.3 is 10.4 Å². The minimum absolute atomic E-state index is 0.0231. The van der Waals surface area contributed by atoms with Gasteiger partial charge in [0.2, 0.25) is 0 Å². The highest BCUT2D eigenvalue weighted by atomic mass is 19.4. The third-order valence-electron chi connectivity index (χ3n) is 2.94. The van der Waals surface area contributed by atoms with Crippen molar-refractivity contribution >= 4 is 11.9 Å². The molecule has 104 valence electrons. The second-order valence-corrected chi connectivity index (χ2v) is 4.25. The molecule has 2 rings (SSSR count). The summed E-state index contributed by atoms with van der Waals surface area (Å²) in [7, 11) is 0. The fourth-order valence-corrected chi connectivity index (χ4v) is 2.06. The van der Waals surface area contributed by atoms with Gasteiger partial charge in [-0.1, -0.05) is 0 Å². The molecule has 1 atom stereocenters. The Labute approximate surface area is 105 Å². The van der Waals surface area contributed by atoms with Gasteiger partial charge >= 0.3 is 18.1 Å². The van der Waals surface area contributed by atoms with Crippen molar-refractivity contribution in [3.8, 4) is 0 Å². The van der Waals surface area contributed by atoms with Crippen LogP contribution in [0.5, 0.6) is 0 Å². The van der Waals surface area contributed by atoms with E-state index in [4.69, 9.17) is 5.11 Å². The number of hydrogen-bond acceptors (Lipinski definition) is 3. The Hall–Kier alpha value is -2.06. The number of hydrogen-bond donors (Lipinski definition) is 3. The molecule has 0 radical (unpaired) electrons. The number of nitrogens with zero attached hydrogens (tertiary/aromatic N) is 1. The number of carbonyl (C=O) groups excluding carboxylic acids is 1. The van der Waals surface area contributed by atoms with Crippen LogP contribution in [0.2, 0.25) is 0 Å². The molecule has 0 bridgehead atoms. The van der Waals surface area contributed by atoms with Gasteiger partial charge in [-0.2, -0.15) is 18.3 Å². The number of aromatic amines is 1. The molecule has 1 aromatic heterocycles. The summed E-state index contributed by atoms with van der Waals surface area (Å²) in [5, 5.41) is 16.9. The number of carboxylic acid groups (broad SMARTS) is 1. The van der Waals surface area contributed by atoms with Gasteiger partial charge in [0, 0.05) is 17.3 Å². The molecule has 0 saturated carbocycles. The average molecular weight is 277 g/mol. The van der Waals surface area contributed by atoms with Crippen LogP contribution < -0.4 is 5.32 Å². The first-order chi connectivity index (χ1) is 8.79. The second-order valence-electron chi connectivity index (χ2n) is 4.25. The monoisotopic (exact) mass is 277 g/mol. The summed E-state index contributed by atoms with van der Waals surface area (Å²) in [4.78, 5) is 21.7. The third-order valence-corrected chi connectivity index (χ3v) is 2.94. The molecular weight excluding hydrogens is 267 g/mol. The summed E-state index contributed by atoms with van der Waals surface area (Å²) in [5.74, 6) is -3.26. The normalized spacial score (nSPS) is 18.8. The summed E-state index contributed by atoms with van der Waals surface area (Å²) in [6.07, 6.45) is -4.27. The molecule has 1 heterocycles. The highest BCUT2D eigenvalue weighted by molar-refractivity contribution is 5.87. The molecule has 1 aliphatic rings. The largest absolute Gasteiger partial charge is 0.476 e. The van der Waals surface area contributed by atoms with Crippen molar-refractivity contribution in [2.24, 2.45) is 0 Å². The topological polar surface area (TPSA) is 95.1 Å². The van der Waals surface area contributed by atoms with Crippen LogP contribution in [-0.4, -0.2) is 39.4 Å². The van der Waals surface area contributed by atoms with Gasteiger partial charge in [-0.25, -0.2) is 4.79 Å². The van der Waals surface area contributed by atoms with E-state index in [1.807, 2.05) is 5.32 Å². The Morgan fingerprint density at radius 2 is 2.11 bits per heavy atom. The van der Waals surface area contributed by atoms with Gasteiger partial charge in [-0.05, 0) is 19.3 Å². The van der Waals surface area contributed by atoms with Gasteiger partial charge in [0.15, 0.2) is 5.69 Å². The molecule has 0 aromatic carbocycles. The van der Waals surface area contributed by atoms with E-state index < -0.39 is 24.1 Å². The number of aromatic carboxylic acids is 1. The van der Waals surface area contributed by atoms with Crippen LogP contribution in [0.25, 0.3) is 0 Å². The number of amides is 1. The first kappa shape index (κ1) is 13.4. The Morgan fingerprint density at radius 1 is 1.42 bits per heavy atom. The fourth-order valence-electron chi connectivity index (χ4n) is 2.06. The number of H-pyrrole nitrogens is 1. The van der Waals surface area contributed by atoms with Crippen molar-refractivity contribution in [1.82, 2.24) is 15.5 Å². The lowest BCUT2D eigenvalue weighted by molar-refractivity contribution is -0.174. The first-order valence-corrected chi connectivity index (χ1v) is 5.46. The maximum atomic E-state index is 12.1. The van der Waals surface area contributed by atoms with Crippen LogP contribution in [0.1, 0.15) is 28.2 Å². The minimum Gasteiger partial charge on any atom is -0.476 e. The van der Waals surface area contributed by atoms with Crippen molar-refractivity contribution in [3.05, 3.63) is 17.0 Å². The Balaban J connectivity index is 2.11. The molecule has 1 unspecified atom stereocenters. The summed E-state index contributed by atoms with van der Waals surface area (Å²) in [6.45, 7) is 0. The lowest BCUT2D eigenvalue weighted by atomic mass is 9.91. The van der Waals surface area contributed by atoms with Crippen molar-refractivity contribution in [3.63, 3.8) is 0 Å². The minimum atomic E-state index is -4.94. The summed E-state index contributed by atoms with van der Waals surface area (Å²) in [5.41, 5.74) is 0.738. The maximum Gasteiger partial charge on any atom is 0.471 e. The first-order valence-electron chi connectivity index (χ1n) is 5.46. The summed E-state index contributed by atoms with van der Waals surface area (Å²) < 4.78 is 36.4. The zero-order chi connectivity index (χ0) is 14.2. The maximum absolute atomic E-state index is 12.1. The fraction of sp³-hybridized carbons (Fsp3) is 0.500. The SMILES string of the molecule is O=C(O)c1n[nH]c2c1CC(NC(=O)C(F)(F)F)CC2. The predicted molar refractivity (Wildman–Crippen MR) is 55.6 cm³/mol. The number of carbonyl (C=O) groups is 2. The zero-order valence-electron chi connectivity index (χ0n) is 9.54. The number of halogens is 3. The molecule has 1 aliphatic carbocycles. The van der Waals surface area contributed by atoms with E-state index in [0.29, 0.717) is 24.1 Å². The zero-order valence-corrected chi connectivity index (χ0v) is 9.54. The smallest absolute Gasteiger partial charge is 0.471 e. The molecule has 0 fully saturated rings. The number of aryl methyl sites for hydroxylation is 1. The summed E-state index contributed by atoms with van der Waals surface area (Å²) >= 11 is 0. The Morgan fingerprint density at radius 3 is 2.68 bits per heavy atom. The van der Waals surface area contributed by atoms with Gasteiger partial charge in [0.1, 0.15) is 0 Å². The number of carboxylic acids is 1. The van der Waals surface area contributed by atoms with Gasteiger partial charge in [-0.3, -0.25) is 9.89 Å². The van der Waals surface area contributed by atoms with Crippen LogP contribution >= 0.6 is 0 Å². The number of nitrogens with one attached hydrogen (secondary N) is 2. The Bertz CT molecular complexity index is 524. The lowest BCUT2D eigenvalue weighted by Crippen LogP contribution is -2.45.